The Morgan fingerprint density at radius 3 is 3.25 bits per heavy atom. The van der Waals surface area contributed by atoms with Crippen LogP contribution >= 0.6 is 11.8 Å². The molecule has 1 fully saturated rings. The summed E-state index contributed by atoms with van der Waals surface area (Å²) in [6, 6.07) is 0. The smallest absolute Gasteiger partial charge is 0.229 e. The van der Waals surface area contributed by atoms with Gasteiger partial charge in [-0.1, -0.05) is 12.1 Å². The molecule has 0 spiro atoms. The number of nitrogens with zero attached hydrogens (tertiary/aromatic N) is 2. The number of thioether (sulfide) groups is 1. The van der Waals surface area contributed by atoms with E-state index in [0.717, 1.165) is 37.0 Å². The van der Waals surface area contributed by atoms with E-state index < -0.39 is 0 Å². The summed E-state index contributed by atoms with van der Waals surface area (Å²) >= 11 is 1.79. The molecule has 1 N–H and O–H groups in total. The molecule has 1 unspecified atom stereocenters. The van der Waals surface area contributed by atoms with Gasteiger partial charge >= 0.3 is 0 Å². The minimum absolute atomic E-state index is 0.167. The largest absolute Gasteiger partial charge is 0.375 e. The van der Waals surface area contributed by atoms with E-state index in [4.69, 9.17) is 9.26 Å². The van der Waals surface area contributed by atoms with Crippen LogP contribution in [0.4, 0.5) is 0 Å². The molecule has 1 atom stereocenters. The highest BCUT2D eigenvalue weighted by Gasteiger charge is 2.17. The van der Waals surface area contributed by atoms with E-state index in [1.54, 1.807) is 11.8 Å². The number of nitrogens with one attached hydrogen (secondary N) is 1. The van der Waals surface area contributed by atoms with Gasteiger partial charge in [-0.15, -0.1) is 0 Å². The fourth-order valence-corrected chi connectivity index (χ4v) is 2.07. The quantitative estimate of drug-likeness (QED) is 0.827. The highest BCUT2D eigenvalue weighted by atomic mass is 32.2. The van der Waals surface area contributed by atoms with E-state index >= 15 is 0 Å². The van der Waals surface area contributed by atoms with Crippen LogP contribution in [0.2, 0.25) is 0 Å². The van der Waals surface area contributed by atoms with Crippen LogP contribution in [-0.4, -0.2) is 41.7 Å². The molecule has 0 radical (unpaired) electrons. The van der Waals surface area contributed by atoms with E-state index in [1.807, 2.05) is 0 Å². The van der Waals surface area contributed by atoms with Gasteiger partial charge in [0.15, 0.2) is 5.82 Å². The summed E-state index contributed by atoms with van der Waals surface area (Å²) in [6.07, 6.45) is 0.873. The van der Waals surface area contributed by atoms with Crippen molar-refractivity contribution >= 4 is 11.8 Å². The third kappa shape index (κ3) is 3.47. The summed E-state index contributed by atoms with van der Waals surface area (Å²) in [4.78, 5) is 4.34. The van der Waals surface area contributed by atoms with E-state index in [9.17, 15) is 0 Å². The number of morpholine rings is 1. The Kier molecular flexibility index (Phi) is 4.62. The molecule has 90 valence electrons. The zero-order chi connectivity index (χ0) is 11.2. The molecule has 0 aromatic carbocycles. The van der Waals surface area contributed by atoms with Gasteiger partial charge in [0.25, 0.3) is 0 Å². The highest BCUT2D eigenvalue weighted by Crippen LogP contribution is 2.10. The summed E-state index contributed by atoms with van der Waals surface area (Å²) < 4.78 is 10.8. The Morgan fingerprint density at radius 1 is 1.56 bits per heavy atom. The molecule has 0 saturated carbocycles. The minimum atomic E-state index is 0.167. The topological polar surface area (TPSA) is 60.2 Å². The lowest BCUT2D eigenvalue weighted by Gasteiger charge is -2.21. The lowest BCUT2D eigenvalue weighted by atomic mass is 10.2. The van der Waals surface area contributed by atoms with Crippen LogP contribution in [0.5, 0.6) is 0 Å². The van der Waals surface area contributed by atoms with Crippen molar-refractivity contribution in [3.05, 3.63) is 11.7 Å². The number of hydrogen-bond acceptors (Lipinski definition) is 6. The molecule has 1 aliphatic heterocycles. The van der Waals surface area contributed by atoms with Gasteiger partial charge in [-0.05, 0) is 5.75 Å². The van der Waals surface area contributed by atoms with Gasteiger partial charge in [-0.2, -0.15) is 16.7 Å². The van der Waals surface area contributed by atoms with Gasteiger partial charge in [0.2, 0.25) is 5.89 Å². The molecule has 16 heavy (non-hydrogen) atoms. The highest BCUT2D eigenvalue weighted by molar-refractivity contribution is 7.98. The van der Waals surface area contributed by atoms with Crippen LogP contribution < -0.4 is 5.32 Å². The van der Waals surface area contributed by atoms with Crippen molar-refractivity contribution in [1.29, 1.82) is 0 Å². The lowest BCUT2D eigenvalue weighted by molar-refractivity contribution is 0.0246. The zero-order valence-corrected chi connectivity index (χ0v) is 10.3. The second kappa shape index (κ2) is 6.22. The first-order valence-electron chi connectivity index (χ1n) is 5.60. The minimum Gasteiger partial charge on any atom is -0.375 e. The maximum absolute atomic E-state index is 5.58. The SMILES string of the molecule is CCSCc1noc(CC2CNCCO2)n1. The van der Waals surface area contributed by atoms with Crippen molar-refractivity contribution in [3.63, 3.8) is 0 Å². The maximum Gasteiger partial charge on any atom is 0.229 e. The average Bonchev–Trinajstić information content (AvgIpc) is 2.75. The van der Waals surface area contributed by atoms with Gasteiger partial charge in [-0.25, -0.2) is 0 Å². The molecule has 2 rings (SSSR count). The monoisotopic (exact) mass is 243 g/mol. The van der Waals surface area contributed by atoms with Gasteiger partial charge in [0.05, 0.1) is 24.9 Å². The van der Waals surface area contributed by atoms with Gasteiger partial charge in [-0.3, -0.25) is 0 Å². The fourth-order valence-electron chi connectivity index (χ4n) is 1.57. The standard InChI is InChI=1S/C10H17N3O2S/c1-2-16-7-9-12-10(15-13-9)5-8-6-11-3-4-14-8/h8,11H,2-7H2,1H3. The van der Waals surface area contributed by atoms with Crippen molar-refractivity contribution < 1.29 is 9.26 Å². The van der Waals surface area contributed by atoms with Gasteiger partial charge in [0.1, 0.15) is 0 Å². The lowest BCUT2D eigenvalue weighted by Crippen LogP contribution is -2.39. The third-order valence-electron chi connectivity index (χ3n) is 2.35. The molecule has 1 aromatic heterocycles. The van der Waals surface area contributed by atoms with Gasteiger partial charge in [0, 0.05) is 13.1 Å². The van der Waals surface area contributed by atoms with Crippen molar-refractivity contribution in [2.45, 2.75) is 25.2 Å². The Balaban J connectivity index is 1.81. The molecule has 1 saturated heterocycles. The zero-order valence-electron chi connectivity index (χ0n) is 9.44. The van der Waals surface area contributed by atoms with E-state index in [0.29, 0.717) is 12.3 Å². The summed E-state index contributed by atoms with van der Waals surface area (Å²) in [5, 5.41) is 7.21. The first-order chi connectivity index (χ1) is 7.88. The molecule has 0 aliphatic carbocycles. The molecule has 6 heteroatoms. The second-order valence-electron chi connectivity index (χ2n) is 3.64. The summed E-state index contributed by atoms with van der Waals surface area (Å²) in [6.45, 7) is 4.67. The van der Waals surface area contributed by atoms with Crippen LogP contribution in [-0.2, 0) is 16.9 Å². The van der Waals surface area contributed by atoms with Crippen molar-refractivity contribution in [3.8, 4) is 0 Å². The van der Waals surface area contributed by atoms with E-state index in [-0.39, 0.29) is 6.10 Å². The first kappa shape index (κ1) is 11.9. The molecule has 2 heterocycles. The van der Waals surface area contributed by atoms with Crippen molar-refractivity contribution in [2.75, 3.05) is 25.4 Å². The van der Waals surface area contributed by atoms with Crippen molar-refractivity contribution in [1.82, 2.24) is 15.5 Å². The number of hydrogen-bond donors (Lipinski definition) is 1. The van der Waals surface area contributed by atoms with Crippen LogP contribution in [0.15, 0.2) is 4.52 Å². The Hall–Kier alpha value is -0.590. The molecule has 1 aromatic rings. The van der Waals surface area contributed by atoms with Crippen LogP contribution in [0.25, 0.3) is 0 Å². The van der Waals surface area contributed by atoms with E-state index in [2.05, 4.69) is 22.4 Å². The predicted molar refractivity (Wildman–Crippen MR) is 62.4 cm³/mol. The number of ether oxygens (including phenoxy) is 1. The average molecular weight is 243 g/mol. The molecule has 5 nitrogen and oxygen atoms in total. The molecule has 1 aliphatic rings. The molecule has 0 bridgehead atoms. The summed E-state index contributed by atoms with van der Waals surface area (Å²) in [5.41, 5.74) is 0. The molecular formula is C10H17N3O2S. The third-order valence-corrected chi connectivity index (χ3v) is 3.22. The Labute approximate surface area is 99.3 Å². The van der Waals surface area contributed by atoms with Crippen LogP contribution in [0, 0.1) is 0 Å². The van der Waals surface area contributed by atoms with Gasteiger partial charge < -0.3 is 14.6 Å². The molecule has 0 amide bonds. The van der Waals surface area contributed by atoms with E-state index in [1.165, 1.54) is 0 Å². The van der Waals surface area contributed by atoms with Crippen molar-refractivity contribution in [2.24, 2.45) is 0 Å². The summed E-state index contributed by atoms with van der Waals surface area (Å²) in [5.74, 6) is 3.36. The Morgan fingerprint density at radius 2 is 2.50 bits per heavy atom. The normalized spacial score (nSPS) is 21.2. The van der Waals surface area contributed by atoms with Crippen LogP contribution in [0.1, 0.15) is 18.6 Å². The summed E-state index contributed by atoms with van der Waals surface area (Å²) in [7, 11) is 0. The first-order valence-corrected chi connectivity index (χ1v) is 6.75. The molecular weight excluding hydrogens is 226 g/mol. The van der Waals surface area contributed by atoms with Crippen LogP contribution in [0.3, 0.4) is 0 Å². The maximum atomic E-state index is 5.58. The fraction of sp³-hybridized carbons (Fsp3) is 0.800. The number of aromatic nitrogens is 2. The number of rotatable bonds is 5. The predicted octanol–water partition coefficient (Wildman–Crippen LogP) is 0.854. The second-order valence-corrected chi connectivity index (χ2v) is 4.92. The Bertz CT molecular complexity index is 313.